The van der Waals surface area contributed by atoms with Gasteiger partial charge in [-0.05, 0) is 37.0 Å². The molecule has 0 saturated carbocycles. The Bertz CT molecular complexity index is 485. The lowest BCUT2D eigenvalue weighted by molar-refractivity contribution is -0.137. The van der Waals surface area contributed by atoms with Gasteiger partial charge in [0.15, 0.2) is 0 Å². The van der Waals surface area contributed by atoms with E-state index < -0.39 is 11.7 Å². The molecule has 1 amide bonds. The Morgan fingerprint density at radius 2 is 1.82 bits per heavy atom. The van der Waals surface area contributed by atoms with Crippen LogP contribution in [0, 0.1) is 0 Å². The molecule has 1 saturated heterocycles. The smallest absolute Gasteiger partial charge is 0.340 e. The fourth-order valence-electron chi connectivity index (χ4n) is 2.50. The van der Waals surface area contributed by atoms with E-state index in [1.54, 1.807) is 12.1 Å². The van der Waals surface area contributed by atoms with Gasteiger partial charge < -0.3 is 4.90 Å². The maximum absolute atomic E-state index is 12.4. The average Bonchev–Trinajstić information content (AvgIpc) is 2.48. The average molecular weight is 313 g/mol. The summed E-state index contributed by atoms with van der Waals surface area (Å²) in [4.78, 5) is 13.4. The molecule has 3 nitrogen and oxygen atoms in total. The first-order chi connectivity index (χ1) is 10.5. The Morgan fingerprint density at radius 1 is 1.09 bits per heavy atom. The number of aryl methyl sites for hydroxylation is 1. The number of amides is 1. The minimum atomic E-state index is -4.27. The van der Waals surface area contributed by atoms with Gasteiger partial charge in [-0.1, -0.05) is 18.6 Å². The van der Waals surface area contributed by atoms with Gasteiger partial charge in [0, 0.05) is 19.6 Å². The minimum Gasteiger partial charge on any atom is -0.340 e. The lowest BCUT2D eigenvalue weighted by atomic mass is 10.0. The number of unbranched alkanes of at least 4 members (excludes halogenated alkanes) is 2. The second-order valence-electron chi connectivity index (χ2n) is 5.49. The normalized spacial score (nSPS) is 16.1. The summed E-state index contributed by atoms with van der Waals surface area (Å²) < 4.78 is 37.3. The molecule has 0 unspecified atom stereocenters. The van der Waals surface area contributed by atoms with Crippen LogP contribution in [0.25, 0.3) is 0 Å². The molecule has 0 aliphatic carbocycles. The first kappa shape index (κ1) is 16.8. The largest absolute Gasteiger partial charge is 0.416 e. The standard InChI is InChI=1S/C16H20F3N2O/c17-16(18,19)14-7-5-13(6-8-14)4-2-1-3-10-21-11-9-20-12-15(21)22/h5-8H,1-4,9-12H2. The molecule has 1 aromatic rings. The van der Waals surface area contributed by atoms with Crippen LogP contribution in [0.1, 0.15) is 30.4 Å². The van der Waals surface area contributed by atoms with E-state index in [1.807, 2.05) is 4.90 Å². The number of hydrogen-bond acceptors (Lipinski definition) is 1. The van der Waals surface area contributed by atoms with Gasteiger partial charge >= 0.3 is 6.18 Å². The fraction of sp³-hybridized carbons (Fsp3) is 0.562. The molecule has 22 heavy (non-hydrogen) atoms. The molecule has 0 spiro atoms. The number of hydrogen-bond donors (Lipinski definition) is 0. The van der Waals surface area contributed by atoms with Crippen molar-refractivity contribution in [3.8, 4) is 0 Å². The number of carbonyl (C=O) groups excluding carboxylic acids is 1. The summed E-state index contributed by atoms with van der Waals surface area (Å²) in [7, 11) is 0. The molecule has 1 fully saturated rings. The second kappa shape index (κ2) is 7.63. The molecule has 0 aromatic heterocycles. The summed E-state index contributed by atoms with van der Waals surface area (Å²) in [5.74, 6) is 0.0917. The molecule has 0 bridgehead atoms. The molecule has 1 aliphatic rings. The Labute approximate surface area is 128 Å². The highest BCUT2D eigenvalue weighted by Gasteiger charge is 2.29. The van der Waals surface area contributed by atoms with E-state index in [4.69, 9.17) is 0 Å². The molecule has 1 aromatic carbocycles. The molecule has 1 radical (unpaired) electrons. The molecular formula is C16H20F3N2O. The van der Waals surface area contributed by atoms with Crippen LogP contribution in [-0.2, 0) is 17.4 Å². The van der Waals surface area contributed by atoms with Crippen LogP contribution >= 0.6 is 0 Å². The van der Waals surface area contributed by atoms with Gasteiger partial charge in [0.25, 0.3) is 0 Å². The highest BCUT2D eigenvalue weighted by atomic mass is 19.4. The summed E-state index contributed by atoms with van der Waals surface area (Å²) in [6.45, 7) is 2.47. The lowest BCUT2D eigenvalue weighted by Crippen LogP contribution is -2.45. The van der Waals surface area contributed by atoms with E-state index >= 15 is 0 Å². The van der Waals surface area contributed by atoms with Crippen LogP contribution in [-0.4, -0.2) is 37.0 Å². The van der Waals surface area contributed by atoms with Gasteiger partial charge in [0.05, 0.1) is 12.1 Å². The van der Waals surface area contributed by atoms with Crippen LogP contribution in [0.5, 0.6) is 0 Å². The van der Waals surface area contributed by atoms with Gasteiger partial charge in [0.2, 0.25) is 5.91 Å². The summed E-state index contributed by atoms with van der Waals surface area (Å²) >= 11 is 0. The zero-order valence-electron chi connectivity index (χ0n) is 12.4. The van der Waals surface area contributed by atoms with E-state index in [1.165, 1.54) is 0 Å². The Morgan fingerprint density at radius 3 is 2.45 bits per heavy atom. The highest BCUT2D eigenvalue weighted by Crippen LogP contribution is 2.29. The Hall–Kier alpha value is -1.56. The summed E-state index contributed by atoms with van der Waals surface area (Å²) in [5, 5.41) is 4.05. The summed E-state index contributed by atoms with van der Waals surface area (Å²) in [6, 6.07) is 5.34. The topological polar surface area (TPSA) is 34.4 Å². The number of carbonyl (C=O) groups is 1. The van der Waals surface area contributed by atoms with Crippen LogP contribution in [0.4, 0.5) is 13.2 Å². The van der Waals surface area contributed by atoms with Gasteiger partial charge in [-0.3, -0.25) is 4.79 Å². The summed E-state index contributed by atoms with van der Waals surface area (Å²) in [6.07, 6.45) is -0.709. The van der Waals surface area contributed by atoms with Crippen LogP contribution in [0.2, 0.25) is 0 Å². The maximum Gasteiger partial charge on any atom is 0.416 e. The van der Waals surface area contributed by atoms with E-state index in [0.717, 1.165) is 56.5 Å². The van der Waals surface area contributed by atoms with Crippen molar-refractivity contribution in [2.75, 3.05) is 26.2 Å². The first-order valence-corrected chi connectivity index (χ1v) is 7.54. The lowest BCUT2D eigenvalue weighted by Gasteiger charge is -2.26. The Balaban J connectivity index is 1.65. The third-order valence-electron chi connectivity index (χ3n) is 3.80. The van der Waals surface area contributed by atoms with Gasteiger partial charge in [-0.2, -0.15) is 13.2 Å². The van der Waals surface area contributed by atoms with Gasteiger partial charge in [-0.25, -0.2) is 5.32 Å². The number of halogens is 3. The second-order valence-corrected chi connectivity index (χ2v) is 5.49. The zero-order chi connectivity index (χ0) is 16.0. The van der Waals surface area contributed by atoms with Crippen molar-refractivity contribution < 1.29 is 18.0 Å². The first-order valence-electron chi connectivity index (χ1n) is 7.54. The number of nitrogens with zero attached hydrogens (tertiary/aromatic N) is 2. The number of alkyl halides is 3. The molecule has 0 atom stereocenters. The van der Waals surface area contributed by atoms with Crippen molar-refractivity contribution in [1.82, 2.24) is 10.2 Å². The molecule has 2 rings (SSSR count). The van der Waals surface area contributed by atoms with Crippen molar-refractivity contribution >= 4 is 5.91 Å². The van der Waals surface area contributed by atoms with Crippen molar-refractivity contribution in [1.29, 1.82) is 0 Å². The Kier molecular flexibility index (Phi) is 5.83. The van der Waals surface area contributed by atoms with E-state index in [9.17, 15) is 18.0 Å². The van der Waals surface area contributed by atoms with Crippen LogP contribution < -0.4 is 5.32 Å². The predicted octanol–water partition coefficient (Wildman–Crippen LogP) is 2.86. The third kappa shape index (κ3) is 5.02. The number of benzene rings is 1. The van der Waals surface area contributed by atoms with E-state index in [2.05, 4.69) is 5.32 Å². The van der Waals surface area contributed by atoms with Gasteiger partial charge in [0.1, 0.15) is 0 Å². The van der Waals surface area contributed by atoms with E-state index in [0.29, 0.717) is 13.1 Å². The SMILES string of the molecule is O=C1C[N]CCN1CCCCCc1ccc(C(F)(F)F)cc1. The van der Waals surface area contributed by atoms with E-state index in [-0.39, 0.29) is 5.91 Å². The van der Waals surface area contributed by atoms with Crippen LogP contribution in [0.3, 0.4) is 0 Å². The number of rotatable bonds is 6. The molecular weight excluding hydrogens is 293 g/mol. The quantitative estimate of drug-likeness (QED) is 0.744. The van der Waals surface area contributed by atoms with Crippen LogP contribution in [0.15, 0.2) is 24.3 Å². The van der Waals surface area contributed by atoms with Crippen molar-refractivity contribution in [2.45, 2.75) is 31.9 Å². The molecule has 0 N–H and O–H groups in total. The monoisotopic (exact) mass is 313 g/mol. The summed E-state index contributed by atoms with van der Waals surface area (Å²) in [5.41, 5.74) is 0.311. The molecule has 1 heterocycles. The molecule has 6 heteroatoms. The number of piperazine rings is 1. The minimum absolute atomic E-state index is 0.0917. The zero-order valence-corrected chi connectivity index (χ0v) is 12.4. The predicted molar refractivity (Wildman–Crippen MR) is 77.4 cm³/mol. The molecule has 121 valence electrons. The third-order valence-corrected chi connectivity index (χ3v) is 3.80. The van der Waals surface area contributed by atoms with Crippen molar-refractivity contribution in [3.63, 3.8) is 0 Å². The fourth-order valence-corrected chi connectivity index (χ4v) is 2.50. The molecule has 1 aliphatic heterocycles. The van der Waals surface area contributed by atoms with Gasteiger partial charge in [-0.15, -0.1) is 0 Å². The highest BCUT2D eigenvalue weighted by molar-refractivity contribution is 5.78. The van der Waals surface area contributed by atoms with Crippen molar-refractivity contribution in [3.05, 3.63) is 35.4 Å². The maximum atomic E-state index is 12.4. The van der Waals surface area contributed by atoms with Crippen molar-refractivity contribution in [2.24, 2.45) is 0 Å².